The summed E-state index contributed by atoms with van der Waals surface area (Å²) in [5.74, 6) is -0.983. The van der Waals surface area contributed by atoms with Gasteiger partial charge in [-0.05, 0) is 29.3 Å². The molecule has 0 bridgehead atoms. The molecule has 9 heteroatoms. The number of hydrogen-bond acceptors (Lipinski definition) is 3. The molecule has 1 aliphatic heterocycles. The lowest BCUT2D eigenvalue weighted by Crippen LogP contribution is -2.37. The molecular weight excluding hydrogens is 419 g/mol. The molecule has 1 aromatic heterocycles. The Morgan fingerprint density at radius 1 is 1.19 bits per heavy atom. The number of imidazole rings is 1. The number of rotatable bonds is 2. The van der Waals surface area contributed by atoms with Crippen LogP contribution in [0.1, 0.15) is 16.8 Å². The van der Waals surface area contributed by atoms with E-state index >= 15 is 0 Å². The Hall–Kier alpha value is -3.07. The van der Waals surface area contributed by atoms with E-state index in [0.29, 0.717) is 23.1 Å². The Labute approximate surface area is 161 Å². The van der Waals surface area contributed by atoms with E-state index in [0.717, 1.165) is 15.8 Å². The summed E-state index contributed by atoms with van der Waals surface area (Å²) in [7, 11) is 0. The van der Waals surface area contributed by atoms with Crippen molar-refractivity contribution in [2.45, 2.75) is 13.0 Å². The Bertz CT molecular complexity index is 1120. The van der Waals surface area contributed by atoms with Gasteiger partial charge in [0.2, 0.25) is 5.88 Å². The second-order valence-corrected chi connectivity index (χ2v) is 7.03. The van der Waals surface area contributed by atoms with E-state index in [1.807, 2.05) is 24.3 Å². The molecule has 138 valence electrons. The lowest BCUT2D eigenvalue weighted by molar-refractivity contribution is 0.258. The van der Waals surface area contributed by atoms with E-state index in [2.05, 4.69) is 26.7 Å². The molecule has 3 aromatic rings. The van der Waals surface area contributed by atoms with Gasteiger partial charge in [-0.3, -0.25) is 4.57 Å². The monoisotopic (exact) mass is 432 g/mol. The van der Waals surface area contributed by atoms with Crippen LogP contribution in [0.25, 0.3) is 0 Å². The van der Waals surface area contributed by atoms with Crippen LogP contribution in [0.15, 0.2) is 51.7 Å². The highest BCUT2D eigenvalue weighted by molar-refractivity contribution is 9.10. The number of carbonyl (C=O) groups is 1. The van der Waals surface area contributed by atoms with Crippen molar-refractivity contribution in [1.82, 2.24) is 9.24 Å². The Morgan fingerprint density at radius 2 is 1.93 bits per heavy atom. The van der Waals surface area contributed by atoms with Gasteiger partial charge < -0.3 is 10.4 Å². The van der Waals surface area contributed by atoms with Crippen molar-refractivity contribution in [3.63, 3.8) is 0 Å². The summed E-state index contributed by atoms with van der Waals surface area (Å²) in [5, 5.41) is 12.7. The van der Waals surface area contributed by atoms with Crippen molar-refractivity contribution < 1.29 is 14.3 Å². The van der Waals surface area contributed by atoms with Gasteiger partial charge >= 0.3 is 11.7 Å². The molecule has 27 heavy (non-hydrogen) atoms. The minimum Gasteiger partial charge on any atom is -0.492 e. The maximum atomic E-state index is 13.9. The van der Waals surface area contributed by atoms with Crippen LogP contribution in [0.2, 0.25) is 0 Å². The molecule has 2 heterocycles. The normalized spacial score (nSPS) is 12.2. The number of carbonyl (C=O) groups excluding carboxylic acids is 1. The van der Waals surface area contributed by atoms with Gasteiger partial charge in [0.15, 0.2) is 0 Å². The SMILES string of the molecule is O=C(Nc1ccc(Br)cc1F)Nn1c(O)c2n(c1=O)Cc1ccccc1C2. The zero-order valence-electron chi connectivity index (χ0n) is 13.9. The lowest BCUT2D eigenvalue weighted by atomic mass is 9.99. The average Bonchev–Trinajstić information content (AvgIpc) is 2.87. The quantitative estimate of drug-likeness (QED) is 0.454. The second kappa shape index (κ2) is 6.58. The molecular formula is C18H14BrFN4O3. The summed E-state index contributed by atoms with van der Waals surface area (Å²) in [6.45, 7) is 0.301. The van der Waals surface area contributed by atoms with E-state index in [-0.39, 0.29) is 11.6 Å². The fraction of sp³-hybridized carbons (Fsp3) is 0.111. The van der Waals surface area contributed by atoms with Gasteiger partial charge in [-0.1, -0.05) is 40.2 Å². The minimum absolute atomic E-state index is 0.0559. The van der Waals surface area contributed by atoms with Gasteiger partial charge in [0.25, 0.3) is 0 Å². The first-order valence-corrected chi connectivity index (χ1v) is 8.86. The van der Waals surface area contributed by atoms with E-state index in [9.17, 15) is 19.1 Å². The minimum atomic E-state index is -0.853. The van der Waals surface area contributed by atoms with Crippen LogP contribution in [-0.4, -0.2) is 20.4 Å². The van der Waals surface area contributed by atoms with Crippen LogP contribution in [0, 0.1) is 5.82 Å². The molecule has 2 amide bonds. The standard InChI is InChI=1S/C18H14BrFN4O3/c19-12-5-6-14(13(20)8-12)21-17(26)22-24-16(25)15-7-10-3-1-2-4-11(10)9-23(15)18(24)27/h1-6,8,25H,7,9H2,(H2,21,22,26). The van der Waals surface area contributed by atoms with E-state index in [1.54, 1.807) is 6.07 Å². The Morgan fingerprint density at radius 3 is 2.67 bits per heavy atom. The molecule has 4 rings (SSSR count). The average molecular weight is 433 g/mol. The predicted molar refractivity (Wildman–Crippen MR) is 101 cm³/mol. The molecule has 0 unspecified atom stereocenters. The molecule has 0 radical (unpaired) electrons. The number of amides is 2. The number of aromatic nitrogens is 2. The van der Waals surface area contributed by atoms with Crippen molar-refractivity contribution >= 4 is 27.6 Å². The fourth-order valence-electron chi connectivity index (χ4n) is 3.09. The first-order chi connectivity index (χ1) is 12.9. The molecule has 0 saturated heterocycles. The topological polar surface area (TPSA) is 88.3 Å². The fourth-order valence-corrected chi connectivity index (χ4v) is 3.43. The van der Waals surface area contributed by atoms with Gasteiger partial charge in [-0.15, -0.1) is 0 Å². The van der Waals surface area contributed by atoms with Gasteiger partial charge in [-0.25, -0.2) is 19.4 Å². The summed E-state index contributed by atoms with van der Waals surface area (Å²) >= 11 is 3.13. The van der Waals surface area contributed by atoms with Crippen LogP contribution in [0.4, 0.5) is 14.9 Å². The maximum absolute atomic E-state index is 13.9. The molecule has 1 aliphatic rings. The van der Waals surface area contributed by atoms with Crippen molar-refractivity contribution in [3.8, 4) is 5.88 Å². The van der Waals surface area contributed by atoms with Crippen molar-refractivity contribution in [2.24, 2.45) is 0 Å². The van der Waals surface area contributed by atoms with Crippen LogP contribution in [0.3, 0.4) is 0 Å². The molecule has 0 spiro atoms. The summed E-state index contributed by atoms with van der Waals surface area (Å²) in [5.41, 5.74) is 4.02. The van der Waals surface area contributed by atoms with Crippen LogP contribution < -0.4 is 16.4 Å². The third-order valence-electron chi connectivity index (χ3n) is 4.42. The first kappa shape index (κ1) is 17.3. The van der Waals surface area contributed by atoms with Crippen molar-refractivity contribution in [2.75, 3.05) is 10.7 Å². The number of aromatic hydroxyl groups is 1. The Balaban J connectivity index is 1.60. The highest BCUT2D eigenvalue weighted by Crippen LogP contribution is 2.26. The van der Waals surface area contributed by atoms with Gasteiger partial charge in [-0.2, -0.15) is 4.68 Å². The van der Waals surface area contributed by atoms with Crippen molar-refractivity contribution in [3.05, 3.63) is 80.1 Å². The molecule has 2 aromatic carbocycles. The highest BCUT2D eigenvalue weighted by atomic mass is 79.9. The number of nitrogens with zero attached hydrogens (tertiary/aromatic N) is 2. The number of anilines is 1. The zero-order chi connectivity index (χ0) is 19.1. The summed E-state index contributed by atoms with van der Waals surface area (Å²) in [4.78, 5) is 24.8. The van der Waals surface area contributed by atoms with Gasteiger partial charge in [0.1, 0.15) is 5.82 Å². The summed E-state index contributed by atoms with van der Waals surface area (Å²) < 4.78 is 16.5. The second-order valence-electron chi connectivity index (χ2n) is 6.11. The number of fused-ring (bicyclic) bond motifs is 2. The molecule has 3 N–H and O–H groups in total. The number of halogens is 2. The van der Waals surface area contributed by atoms with E-state index < -0.39 is 17.5 Å². The number of urea groups is 1. The zero-order valence-corrected chi connectivity index (χ0v) is 15.5. The highest BCUT2D eigenvalue weighted by Gasteiger charge is 2.25. The molecule has 0 aliphatic carbocycles. The number of nitrogens with one attached hydrogen (secondary N) is 2. The summed E-state index contributed by atoms with van der Waals surface area (Å²) in [6, 6.07) is 10.9. The van der Waals surface area contributed by atoms with E-state index in [1.165, 1.54) is 16.7 Å². The van der Waals surface area contributed by atoms with Crippen LogP contribution >= 0.6 is 15.9 Å². The van der Waals surface area contributed by atoms with Crippen molar-refractivity contribution in [1.29, 1.82) is 0 Å². The maximum Gasteiger partial charge on any atom is 0.350 e. The molecule has 0 fully saturated rings. The Kier molecular flexibility index (Phi) is 4.23. The van der Waals surface area contributed by atoms with Gasteiger partial charge in [0, 0.05) is 10.9 Å². The van der Waals surface area contributed by atoms with Crippen LogP contribution in [-0.2, 0) is 13.0 Å². The smallest absolute Gasteiger partial charge is 0.350 e. The molecule has 7 nitrogen and oxygen atoms in total. The lowest BCUT2D eigenvalue weighted by Gasteiger charge is -2.17. The number of benzene rings is 2. The molecule has 0 atom stereocenters. The predicted octanol–water partition coefficient (Wildman–Crippen LogP) is 2.99. The first-order valence-electron chi connectivity index (χ1n) is 8.07. The van der Waals surface area contributed by atoms with Gasteiger partial charge in [0.05, 0.1) is 17.9 Å². The summed E-state index contributed by atoms with van der Waals surface area (Å²) in [6.07, 6.45) is 0.370. The number of hydrogen-bond donors (Lipinski definition) is 3. The molecule has 0 saturated carbocycles. The third kappa shape index (κ3) is 3.10. The largest absolute Gasteiger partial charge is 0.492 e. The third-order valence-corrected chi connectivity index (χ3v) is 4.91. The van der Waals surface area contributed by atoms with Crippen LogP contribution in [0.5, 0.6) is 5.88 Å². The van der Waals surface area contributed by atoms with E-state index in [4.69, 9.17) is 0 Å².